The van der Waals surface area contributed by atoms with Gasteiger partial charge in [-0.3, -0.25) is 9.69 Å². The third-order valence-electron chi connectivity index (χ3n) is 6.19. The molecular weight excluding hydrogens is 462 g/mol. The van der Waals surface area contributed by atoms with Gasteiger partial charge in [-0.15, -0.1) is 0 Å². The van der Waals surface area contributed by atoms with Crippen LogP contribution in [0.5, 0.6) is 5.75 Å². The van der Waals surface area contributed by atoms with Gasteiger partial charge in [0, 0.05) is 32.7 Å². The van der Waals surface area contributed by atoms with E-state index in [4.69, 9.17) is 4.74 Å². The van der Waals surface area contributed by atoms with E-state index in [1.807, 2.05) is 18.2 Å². The number of hydrogen-bond donors (Lipinski definition) is 0. The molecule has 0 N–H and O–H groups in total. The average Bonchev–Trinajstić information content (AvgIpc) is 3.34. The van der Waals surface area contributed by atoms with Gasteiger partial charge in [0.15, 0.2) is 11.4 Å². The van der Waals surface area contributed by atoms with Crippen LogP contribution >= 0.6 is 0 Å². The lowest BCUT2D eigenvalue weighted by Gasteiger charge is -2.34. The molecule has 0 aliphatic carbocycles. The molecule has 1 aromatic heterocycles. The number of halogens is 2. The Morgan fingerprint density at radius 2 is 1.44 bits per heavy atom. The minimum atomic E-state index is -0.358. The van der Waals surface area contributed by atoms with Gasteiger partial charge in [0.1, 0.15) is 18.2 Å². The maximum atomic E-state index is 13.5. The second-order valence-corrected chi connectivity index (χ2v) is 8.73. The van der Waals surface area contributed by atoms with Crippen molar-refractivity contribution in [1.82, 2.24) is 19.6 Å². The van der Waals surface area contributed by atoms with Gasteiger partial charge < -0.3 is 9.64 Å². The number of hydrogen-bond acceptors (Lipinski definition) is 4. The first kappa shape index (κ1) is 23.7. The maximum absolute atomic E-state index is 13.5. The van der Waals surface area contributed by atoms with Gasteiger partial charge in [0.05, 0.1) is 11.9 Å². The van der Waals surface area contributed by atoms with E-state index in [2.05, 4.69) is 22.1 Å². The molecule has 36 heavy (non-hydrogen) atoms. The highest BCUT2D eigenvalue weighted by Gasteiger charge is 2.27. The molecule has 6 nitrogen and oxygen atoms in total. The molecule has 0 spiro atoms. The van der Waals surface area contributed by atoms with Gasteiger partial charge in [-0.05, 0) is 47.5 Å². The zero-order valence-electron chi connectivity index (χ0n) is 19.7. The van der Waals surface area contributed by atoms with Crippen LogP contribution in [0.25, 0.3) is 5.69 Å². The summed E-state index contributed by atoms with van der Waals surface area (Å²) in [6.07, 6.45) is 1.62. The zero-order chi connectivity index (χ0) is 24.9. The van der Waals surface area contributed by atoms with E-state index in [9.17, 15) is 13.6 Å². The molecule has 5 rings (SSSR count). The molecule has 1 aliphatic rings. The fourth-order valence-electron chi connectivity index (χ4n) is 4.18. The van der Waals surface area contributed by atoms with Crippen LogP contribution in [0.15, 0.2) is 85.1 Å². The van der Waals surface area contributed by atoms with Crippen molar-refractivity contribution in [1.29, 1.82) is 0 Å². The van der Waals surface area contributed by atoms with E-state index in [0.29, 0.717) is 24.5 Å². The van der Waals surface area contributed by atoms with Crippen LogP contribution in [0.1, 0.15) is 21.6 Å². The Morgan fingerprint density at radius 3 is 2.11 bits per heavy atom. The van der Waals surface area contributed by atoms with Crippen molar-refractivity contribution in [2.24, 2.45) is 0 Å². The van der Waals surface area contributed by atoms with E-state index in [1.165, 1.54) is 34.5 Å². The summed E-state index contributed by atoms with van der Waals surface area (Å²) in [5, 5.41) is 4.50. The lowest BCUT2D eigenvalue weighted by molar-refractivity contribution is 0.0618. The summed E-state index contributed by atoms with van der Waals surface area (Å²) in [6.45, 7) is 3.66. The highest BCUT2D eigenvalue weighted by molar-refractivity contribution is 5.95. The first-order valence-corrected chi connectivity index (χ1v) is 11.8. The number of piperazine rings is 1. The standard InChI is InChI=1S/C28H26F2N4O2/c29-23-8-6-22(7-9-23)20-36-26-19-34(25-12-10-24(30)11-13-25)31-27(26)28(35)33-16-14-32(15-17-33)18-21-4-2-1-3-5-21/h1-13,19H,14-18,20H2. The molecule has 1 aliphatic heterocycles. The van der Waals surface area contributed by atoms with Crippen LogP contribution in [-0.4, -0.2) is 51.7 Å². The fraction of sp³-hybridized carbons (Fsp3) is 0.214. The smallest absolute Gasteiger partial charge is 0.278 e. The lowest BCUT2D eigenvalue weighted by atomic mass is 10.2. The first-order chi connectivity index (χ1) is 17.5. The van der Waals surface area contributed by atoms with Crippen LogP contribution in [-0.2, 0) is 13.2 Å². The SMILES string of the molecule is O=C(c1nn(-c2ccc(F)cc2)cc1OCc1ccc(F)cc1)N1CCN(Cc2ccccc2)CC1. The Morgan fingerprint density at radius 1 is 0.806 bits per heavy atom. The van der Waals surface area contributed by atoms with Crippen LogP contribution in [0.3, 0.4) is 0 Å². The molecule has 0 bridgehead atoms. The summed E-state index contributed by atoms with van der Waals surface area (Å²) in [5.74, 6) is -0.585. The first-order valence-electron chi connectivity index (χ1n) is 11.8. The summed E-state index contributed by atoms with van der Waals surface area (Å²) in [4.78, 5) is 17.6. The van der Waals surface area contributed by atoms with E-state index in [1.54, 1.807) is 35.4 Å². The summed E-state index contributed by atoms with van der Waals surface area (Å²) >= 11 is 0. The maximum Gasteiger partial charge on any atom is 0.278 e. The molecule has 0 saturated carbocycles. The van der Waals surface area contributed by atoms with Gasteiger partial charge in [0.25, 0.3) is 5.91 Å². The third kappa shape index (κ3) is 5.60. The van der Waals surface area contributed by atoms with Gasteiger partial charge >= 0.3 is 0 Å². The molecule has 1 amide bonds. The quantitative estimate of drug-likeness (QED) is 0.379. The van der Waals surface area contributed by atoms with Gasteiger partial charge in [-0.2, -0.15) is 5.10 Å². The predicted molar refractivity (Wildman–Crippen MR) is 132 cm³/mol. The Bertz CT molecular complexity index is 1300. The van der Waals surface area contributed by atoms with Gasteiger partial charge in [0.2, 0.25) is 0 Å². The number of nitrogens with zero attached hydrogens (tertiary/aromatic N) is 4. The summed E-state index contributed by atoms with van der Waals surface area (Å²) < 4.78 is 34.2. The Balaban J connectivity index is 1.32. The van der Waals surface area contributed by atoms with E-state index < -0.39 is 0 Å². The fourth-order valence-corrected chi connectivity index (χ4v) is 4.18. The molecule has 4 aromatic rings. The molecule has 0 atom stereocenters. The molecule has 1 fully saturated rings. The number of amides is 1. The summed E-state index contributed by atoms with van der Waals surface area (Å²) in [7, 11) is 0. The van der Waals surface area contributed by atoms with Gasteiger partial charge in [-0.1, -0.05) is 42.5 Å². The van der Waals surface area contributed by atoms with E-state index >= 15 is 0 Å². The second kappa shape index (κ2) is 10.7. The molecule has 2 heterocycles. The predicted octanol–water partition coefficient (Wildman–Crippen LogP) is 4.69. The Labute approximate surface area is 208 Å². The van der Waals surface area contributed by atoms with Crippen molar-refractivity contribution in [3.8, 4) is 11.4 Å². The number of benzene rings is 3. The van der Waals surface area contributed by atoms with Crippen molar-refractivity contribution in [3.63, 3.8) is 0 Å². The van der Waals surface area contributed by atoms with Crippen molar-refractivity contribution >= 4 is 5.91 Å². The number of aromatic nitrogens is 2. The Hall–Kier alpha value is -4.04. The van der Waals surface area contributed by atoms with Crippen LogP contribution < -0.4 is 4.74 Å². The highest BCUT2D eigenvalue weighted by atomic mass is 19.1. The Kier molecular flexibility index (Phi) is 7.04. The topological polar surface area (TPSA) is 50.6 Å². The molecule has 3 aromatic carbocycles. The monoisotopic (exact) mass is 488 g/mol. The van der Waals surface area contributed by atoms with E-state index in [-0.39, 0.29) is 29.8 Å². The highest BCUT2D eigenvalue weighted by Crippen LogP contribution is 2.24. The lowest BCUT2D eigenvalue weighted by Crippen LogP contribution is -2.48. The van der Waals surface area contributed by atoms with Gasteiger partial charge in [-0.25, -0.2) is 13.5 Å². The zero-order valence-corrected chi connectivity index (χ0v) is 19.7. The van der Waals surface area contributed by atoms with Crippen molar-refractivity contribution in [2.75, 3.05) is 26.2 Å². The summed E-state index contributed by atoms with van der Waals surface area (Å²) in [6, 6.07) is 22.1. The molecule has 0 radical (unpaired) electrons. The van der Waals surface area contributed by atoms with Crippen molar-refractivity contribution in [2.45, 2.75) is 13.2 Å². The largest absolute Gasteiger partial charge is 0.485 e. The van der Waals surface area contributed by atoms with Crippen LogP contribution in [0.2, 0.25) is 0 Å². The second-order valence-electron chi connectivity index (χ2n) is 8.73. The third-order valence-corrected chi connectivity index (χ3v) is 6.19. The molecule has 8 heteroatoms. The minimum Gasteiger partial charge on any atom is -0.485 e. The van der Waals surface area contributed by atoms with Crippen molar-refractivity contribution in [3.05, 3.63) is 114 Å². The number of carbonyl (C=O) groups excluding carboxylic acids is 1. The molecule has 1 saturated heterocycles. The molecule has 184 valence electrons. The molecular formula is C28H26F2N4O2. The van der Waals surface area contributed by atoms with Crippen molar-refractivity contribution < 1.29 is 18.3 Å². The van der Waals surface area contributed by atoms with Crippen LogP contribution in [0, 0.1) is 11.6 Å². The molecule has 0 unspecified atom stereocenters. The minimum absolute atomic E-state index is 0.153. The van der Waals surface area contributed by atoms with E-state index in [0.717, 1.165) is 25.2 Å². The van der Waals surface area contributed by atoms with Crippen LogP contribution in [0.4, 0.5) is 8.78 Å². The number of carbonyl (C=O) groups is 1. The average molecular weight is 489 g/mol. The number of ether oxygens (including phenoxy) is 1. The normalized spacial score (nSPS) is 14.1. The summed E-state index contributed by atoms with van der Waals surface area (Å²) in [5.41, 5.74) is 2.80. The number of rotatable bonds is 7.